The third-order valence-electron chi connectivity index (χ3n) is 1.76. The van der Waals surface area contributed by atoms with Gasteiger partial charge < -0.3 is 21.3 Å². The molecule has 1 amide bonds. The van der Waals surface area contributed by atoms with Crippen LogP contribution < -0.4 is 11.1 Å². The van der Waals surface area contributed by atoms with Crippen LogP contribution in [0.3, 0.4) is 0 Å². The zero-order valence-corrected chi connectivity index (χ0v) is 7.97. The van der Waals surface area contributed by atoms with Gasteiger partial charge in [-0.1, -0.05) is 12.1 Å². The summed E-state index contributed by atoms with van der Waals surface area (Å²) < 4.78 is 15.2. The van der Waals surface area contributed by atoms with Gasteiger partial charge in [0.25, 0.3) is 0 Å². The summed E-state index contributed by atoms with van der Waals surface area (Å²) >= 11 is 0. The van der Waals surface area contributed by atoms with E-state index < -0.39 is 25.1 Å². The van der Waals surface area contributed by atoms with Gasteiger partial charge in [0.05, 0.1) is 6.10 Å². The average molecular weight is 212 g/mol. The van der Waals surface area contributed by atoms with Gasteiger partial charge in [-0.25, -0.2) is 4.79 Å². The van der Waals surface area contributed by atoms with Crippen molar-refractivity contribution in [3.63, 3.8) is 0 Å². The van der Waals surface area contributed by atoms with Gasteiger partial charge in [-0.2, -0.15) is 0 Å². The van der Waals surface area contributed by atoms with Crippen molar-refractivity contribution in [1.82, 2.24) is 5.32 Å². The lowest BCUT2D eigenvalue weighted by Crippen LogP contribution is -2.23. The Balaban J connectivity index is 2.80. The Bertz CT molecular complexity index is 412. The zero-order chi connectivity index (χ0) is 13.1. The highest BCUT2D eigenvalue weighted by molar-refractivity contribution is 5.64. The molecule has 5 N–H and O–H groups in total. The van der Waals surface area contributed by atoms with Gasteiger partial charge in [0.1, 0.15) is 0 Å². The topological polar surface area (TPSA) is 95.6 Å². The Morgan fingerprint density at radius 3 is 3.00 bits per heavy atom. The third-order valence-corrected chi connectivity index (χ3v) is 1.76. The number of carboxylic acid groups (broad SMARTS) is 1. The van der Waals surface area contributed by atoms with Crippen molar-refractivity contribution < 1.29 is 17.7 Å². The molecule has 0 heterocycles. The molecule has 0 fully saturated rings. The second-order valence-electron chi connectivity index (χ2n) is 2.94. The average Bonchev–Trinajstić information content (AvgIpc) is 2.25. The number of nitrogen functional groups attached to an aromatic ring is 1. The van der Waals surface area contributed by atoms with E-state index in [0.29, 0.717) is 11.3 Å². The Kier molecular flexibility index (Phi) is 2.97. The molecule has 1 atom stereocenters. The summed E-state index contributed by atoms with van der Waals surface area (Å²) in [5.41, 5.74) is 6.23. The fourth-order valence-electron chi connectivity index (χ4n) is 1.07. The van der Waals surface area contributed by atoms with Gasteiger partial charge in [-0.05, 0) is 24.1 Å². The molecule has 0 saturated heterocycles. The van der Waals surface area contributed by atoms with E-state index >= 15 is 0 Å². The minimum absolute atomic E-state index is 0.308. The van der Waals surface area contributed by atoms with E-state index in [1.165, 1.54) is 12.1 Å². The molecule has 0 aromatic heterocycles. The van der Waals surface area contributed by atoms with E-state index in [1.807, 2.05) is 5.32 Å². The zero-order valence-electron chi connectivity index (χ0n) is 9.97. The predicted molar refractivity (Wildman–Crippen MR) is 56.5 cm³/mol. The molecule has 1 rings (SSSR count). The van der Waals surface area contributed by atoms with Crippen molar-refractivity contribution in [3.8, 4) is 0 Å². The van der Waals surface area contributed by atoms with Crippen LogP contribution in [0.2, 0.25) is 0 Å². The summed E-state index contributed by atoms with van der Waals surface area (Å²) in [6.07, 6.45) is -4.89. The lowest BCUT2D eigenvalue weighted by atomic mass is 10.1. The number of aliphatic hydroxyl groups is 1. The molecule has 1 aromatic rings. The monoisotopic (exact) mass is 212 g/mol. The molecule has 1 unspecified atom stereocenters. The summed E-state index contributed by atoms with van der Waals surface area (Å²) in [5.74, 6) is 0. The van der Waals surface area contributed by atoms with E-state index in [-0.39, 0.29) is 0 Å². The van der Waals surface area contributed by atoms with Gasteiger partial charge in [-0.3, -0.25) is 0 Å². The number of rotatable bonds is 4. The van der Waals surface area contributed by atoms with Gasteiger partial charge in [0, 0.05) is 15.0 Å². The molecule has 5 heteroatoms. The van der Waals surface area contributed by atoms with Crippen molar-refractivity contribution in [3.05, 3.63) is 29.8 Å². The second kappa shape index (κ2) is 5.21. The summed E-state index contributed by atoms with van der Waals surface area (Å²) in [7, 11) is 0. The van der Waals surface area contributed by atoms with Crippen molar-refractivity contribution in [2.24, 2.45) is 0 Å². The standard InChI is InChI=1S/C10H14N2O3/c11-8-3-1-2-7(6-8)9(13)4-5-12-10(14)15/h1-3,6,9,12-13H,4-5,11H2,(H,14,15)/i4D2. The van der Waals surface area contributed by atoms with Crippen LogP contribution in [-0.4, -0.2) is 22.9 Å². The highest BCUT2D eigenvalue weighted by Crippen LogP contribution is 2.17. The molecule has 0 aliphatic heterocycles. The number of hydrogen-bond donors (Lipinski definition) is 4. The maximum atomic E-state index is 10.3. The highest BCUT2D eigenvalue weighted by Gasteiger charge is 2.07. The lowest BCUT2D eigenvalue weighted by molar-refractivity contribution is 0.162. The van der Waals surface area contributed by atoms with E-state index in [9.17, 15) is 9.90 Å². The fourth-order valence-corrected chi connectivity index (χ4v) is 1.07. The fraction of sp³-hybridized carbons (Fsp3) is 0.300. The van der Waals surface area contributed by atoms with Crippen LogP contribution >= 0.6 is 0 Å². The van der Waals surface area contributed by atoms with E-state index in [0.717, 1.165) is 0 Å². The molecular weight excluding hydrogens is 196 g/mol. The number of nitrogens with one attached hydrogen (secondary N) is 1. The SMILES string of the molecule is [2H]C([2H])(CNC(=O)O)C(O)c1cccc(N)c1. The first-order valence-electron chi connectivity index (χ1n) is 5.33. The van der Waals surface area contributed by atoms with Crippen molar-refractivity contribution in [2.45, 2.75) is 12.5 Å². The number of anilines is 1. The predicted octanol–water partition coefficient (Wildman–Crippen LogP) is 0.960. The number of benzene rings is 1. The van der Waals surface area contributed by atoms with Crippen LogP contribution in [0.25, 0.3) is 0 Å². The van der Waals surface area contributed by atoms with Gasteiger partial charge >= 0.3 is 6.09 Å². The Morgan fingerprint density at radius 1 is 1.67 bits per heavy atom. The summed E-state index contributed by atoms with van der Waals surface area (Å²) in [4.78, 5) is 10.3. The number of hydrogen-bond acceptors (Lipinski definition) is 3. The number of carbonyl (C=O) groups is 1. The van der Waals surface area contributed by atoms with Gasteiger partial charge in [-0.15, -0.1) is 0 Å². The quantitative estimate of drug-likeness (QED) is 0.559. The first kappa shape index (κ1) is 8.55. The van der Waals surface area contributed by atoms with Crippen LogP contribution in [-0.2, 0) is 0 Å². The van der Waals surface area contributed by atoms with Crippen molar-refractivity contribution in [1.29, 1.82) is 0 Å². The van der Waals surface area contributed by atoms with Crippen LogP contribution in [0, 0.1) is 0 Å². The molecular formula is C10H14N2O3. The minimum atomic E-state index is -2.10. The molecule has 0 spiro atoms. The van der Waals surface area contributed by atoms with Gasteiger partial charge in [0.15, 0.2) is 0 Å². The summed E-state index contributed by atoms with van der Waals surface area (Å²) in [6, 6.07) is 6.18. The minimum Gasteiger partial charge on any atom is -0.465 e. The Morgan fingerprint density at radius 2 is 2.40 bits per heavy atom. The van der Waals surface area contributed by atoms with Crippen molar-refractivity contribution in [2.75, 3.05) is 12.3 Å². The molecule has 1 aromatic carbocycles. The molecule has 5 nitrogen and oxygen atoms in total. The lowest BCUT2D eigenvalue weighted by Gasteiger charge is -2.11. The first-order valence-corrected chi connectivity index (χ1v) is 4.33. The van der Waals surface area contributed by atoms with Gasteiger partial charge in [0.2, 0.25) is 0 Å². The molecule has 0 bridgehead atoms. The first-order chi connectivity index (χ1) is 7.83. The van der Waals surface area contributed by atoms with E-state index in [4.69, 9.17) is 13.6 Å². The van der Waals surface area contributed by atoms with Crippen LogP contribution in [0.15, 0.2) is 24.3 Å². The molecule has 0 saturated carbocycles. The number of amides is 1. The highest BCUT2D eigenvalue weighted by atomic mass is 16.4. The molecule has 15 heavy (non-hydrogen) atoms. The van der Waals surface area contributed by atoms with Crippen LogP contribution in [0.5, 0.6) is 0 Å². The maximum Gasteiger partial charge on any atom is 0.404 e. The van der Waals surface area contributed by atoms with E-state index in [2.05, 4.69) is 0 Å². The van der Waals surface area contributed by atoms with Crippen molar-refractivity contribution >= 4 is 11.8 Å². The van der Waals surface area contributed by atoms with Crippen LogP contribution in [0.4, 0.5) is 10.5 Å². The third kappa shape index (κ3) is 3.86. The molecule has 0 aliphatic carbocycles. The maximum absolute atomic E-state index is 10.3. The normalized spacial score (nSPS) is 15.0. The molecule has 0 radical (unpaired) electrons. The molecule has 82 valence electrons. The van der Waals surface area contributed by atoms with Crippen LogP contribution in [0.1, 0.15) is 20.8 Å². The van der Waals surface area contributed by atoms with E-state index in [1.54, 1.807) is 12.1 Å². The Labute approximate surface area is 90.3 Å². The second-order valence-corrected chi connectivity index (χ2v) is 2.94. The number of nitrogens with two attached hydrogens (primary N) is 1. The smallest absolute Gasteiger partial charge is 0.404 e. The Hall–Kier alpha value is -1.75. The summed E-state index contributed by atoms with van der Waals surface area (Å²) in [6.45, 7) is -0.502. The molecule has 0 aliphatic rings. The summed E-state index contributed by atoms with van der Waals surface area (Å²) in [5, 5.41) is 20.1. The number of aliphatic hydroxyl groups excluding tert-OH is 1. The largest absolute Gasteiger partial charge is 0.465 e.